The highest BCUT2D eigenvalue weighted by Crippen LogP contribution is 2.48. The summed E-state index contributed by atoms with van der Waals surface area (Å²) in [7, 11) is 1.69. The highest BCUT2D eigenvalue weighted by molar-refractivity contribution is 6.02. The summed E-state index contributed by atoms with van der Waals surface area (Å²) >= 11 is 0. The summed E-state index contributed by atoms with van der Waals surface area (Å²) in [6.07, 6.45) is 11.7. The molecule has 6 heterocycles. The van der Waals surface area contributed by atoms with E-state index in [9.17, 15) is 5.11 Å². The fourth-order valence-electron chi connectivity index (χ4n) is 8.59. The maximum absolute atomic E-state index is 17.0. The minimum atomic E-state index is -0.614. The van der Waals surface area contributed by atoms with Crippen molar-refractivity contribution in [2.45, 2.75) is 49.9 Å². The summed E-state index contributed by atoms with van der Waals surface area (Å²) in [4.78, 5) is 19.0. The van der Waals surface area contributed by atoms with E-state index in [1.807, 2.05) is 18.2 Å². The fourth-order valence-corrected chi connectivity index (χ4v) is 8.59. The van der Waals surface area contributed by atoms with Crippen molar-refractivity contribution >= 4 is 27.5 Å². The third kappa shape index (κ3) is 4.49. The number of rotatable bonds is 6. The lowest BCUT2D eigenvalue weighted by atomic mass is 9.88. The molecule has 2 bridgehead atoms. The lowest BCUT2D eigenvalue weighted by Gasteiger charge is -2.35. The number of fused-ring (bicyclic) bond motifs is 7. The Kier molecular flexibility index (Phi) is 6.71. The van der Waals surface area contributed by atoms with E-state index in [1.54, 1.807) is 25.4 Å². The van der Waals surface area contributed by atoms with E-state index in [1.165, 1.54) is 17.2 Å². The van der Waals surface area contributed by atoms with Gasteiger partial charge in [0.25, 0.3) is 0 Å². The Morgan fingerprint density at radius 1 is 1.12 bits per heavy atom. The molecule has 3 atom stereocenters. The first-order chi connectivity index (χ1) is 23.4. The lowest BCUT2D eigenvalue weighted by molar-refractivity contribution is 0.0826. The van der Waals surface area contributed by atoms with Crippen molar-refractivity contribution in [3.63, 3.8) is 0 Å². The van der Waals surface area contributed by atoms with E-state index in [0.29, 0.717) is 51.8 Å². The molecule has 3 fully saturated rings. The van der Waals surface area contributed by atoms with Gasteiger partial charge in [-0.3, -0.25) is 9.88 Å². The van der Waals surface area contributed by atoms with Crippen LogP contribution in [0.4, 0.5) is 10.2 Å². The van der Waals surface area contributed by atoms with Crippen LogP contribution < -0.4 is 19.7 Å². The van der Waals surface area contributed by atoms with E-state index in [0.717, 1.165) is 57.6 Å². The normalized spacial score (nSPS) is 23.0. The van der Waals surface area contributed by atoms with Gasteiger partial charge in [-0.15, -0.1) is 6.42 Å². The zero-order valence-electron chi connectivity index (χ0n) is 26.7. The number of benzene rings is 3. The van der Waals surface area contributed by atoms with Gasteiger partial charge in [-0.05, 0) is 79.1 Å². The van der Waals surface area contributed by atoms with Gasteiger partial charge >= 0.3 is 6.01 Å². The smallest absolute Gasteiger partial charge is 0.319 e. The molecule has 5 aromatic rings. The maximum atomic E-state index is 17.0. The van der Waals surface area contributed by atoms with Crippen LogP contribution in [0.3, 0.4) is 0 Å². The average molecular weight is 643 g/mol. The summed E-state index contributed by atoms with van der Waals surface area (Å²) in [6, 6.07) is 15.7. The molecular formula is C38H35FN6O3. The van der Waals surface area contributed by atoms with Crippen LogP contribution >= 0.6 is 0 Å². The molecule has 0 spiro atoms. The lowest BCUT2D eigenvalue weighted by Crippen LogP contribution is -2.51. The minimum Gasteiger partial charge on any atom is -0.508 e. The SMILES string of the molecule is C#Cc1cccc2cc(O)cc(-c3ncc4c(N5CC6CCC(C5)N6)nc(OCC56CCCN5Cc5cc(OC)ccc56)nc4c3F)c12. The molecule has 4 aliphatic rings. The zero-order valence-corrected chi connectivity index (χ0v) is 26.7. The third-order valence-corrected chi connectivity index (χ3v) is 10.8. The molecule has 0 amide bonds. The number of terminal acetylenes is 1. The molecule has 0 saturated carbocycles. The number of piperazine rings is 1. The molecular weight excluding hydrogens is 607 g/mol. The second kappa shape index (κ2) is 11.0. The summed E-state index contributed by atoms with van der Waals surface area (Å²) in [5.41, 5.74) is 3.32. The molecule has 10 heteroatoms. The zero-order chi connectivity index (χ0) is 32.6. The van der Waals surface area contributed by atoms with Crippen molar-refractivity contribution < 1.29 is 19.0 Å². The number of hydrogen-bond donors (Lipinski definition) is 2. The van der Waals surface area contributed by atoms with Gasteiger partial charge in [0.15, 0.2) is 5.82 Å². The topological polar surface area (TPSA) is 95.9 Å². The highest BCUT2D eigenvalue weighted by Gasteiger charge is 2.49. The van der Waals surface area contributed by atoms with Gasteiger partial charge in [0, 0.05) is 54.4 Å². The van der Waals surface area contributed by atoms with E-state index < -0.39 is 5.82 Å². The molecule has 2 N–H and O–H groups in total. The van der Waals surface area contributed by atoms with Crippen molar-refractivity contribution in [3.8, 4) is 41.1 Å². The van der Waals surface area contributed by atoms with Crippen LogP contribution in [0.15, 0.2) is 54.7 Å². The first-order valence-electron chi connectivity index (χ1n) is 16.6. The largest absolute Gasteiger partial charge is 0.508 e. The first-order valence-corrected chi connectivity index (χ1v) is 16.6. The van der Waals surface area contributed by atoms with Crippen LogP contribution in [0, 0.1) is 18.2 Å². The Hall–Kier alpha value is -4.98. The van der Waals surface area contributed by atoms with Crippen molar-refractivity contribution in [2.24, 2.45) is 0 Å². The molecule has 4 aliphatic heterocycles. The third-order valence-electron chi connectivity index (χ3n) is 10.8. The standard InChI is InChI=1S/C38H35FN6O3/c1-3-22-6-4-7-23-14-27(46)16-29(32(22)23)34-33(39)35-30(17-40-34)36(44-19-25-8-9-26(20-44)41-25)43-37(42-35)48-21-38-12-5-13-45(38)18-24-15-28(47-2)10-11-31(24)38/h1,4,6-7,10-11,14-17,25-26,41,46H,5,8-9,12-13,18-21H2,2H3. The second-order valence-electron chi connectivity index (χ2n) is 13.5. The molecule has 9 nitrogen and oxygen atoms in total. The van der Waals surface area contributed by atoms with Crippen LogP contribution in [-0.4, -0.2) is 70.4 Å². The number of hydrogen-bond acceptors (Lipinski definition) is 9. The number of nitrogens with one attached hydrogen (secondary N) is 1. The van der Waals surface area contributed by atoms with Gasteiger partial charge < -0.3 is 24.8 Å². The van der Waals surface area contributed by atoms with E-state index >= 15 is 4.39 Å². The molecule has 9 rings (SSSR count). The molecule has 0 radical (unpaired) electrons. The van der Waals surface area contributed by atoms with Crippen LogP contribution in [-0.2, 0) is 12.1 Å². The molecule has 0 aliphatic carbocycles. The van der Waals surface area contributed by atoms with Gasteiger partial charge in [-0.1, -0.05) is 24.1 Å². The number of aromatic hydroxyl groups is 1. The fraction of sp³-hybridized carbons (Fsp3) is 0.342. The van der Waals surface area contributed by atoms with Gasteiger partial charge in [0.1, 0.15) is 35.1 Å². The van der Waals surface area contributed by atoms with E-state index in [4.69, 9.17) is 25.9 Å². The monoisotopic (exact) mass is 642 g/mol. The number of ether oxygens (including phenoxy) is 2. The van der Waals surface area contributed by atoms with Crippen LogP contribution in [0.25, 0.3) is 32.9 Å². The summed E-state index contributed by atoms with van der Waals surface area (Å²) in [5.74, 6) is 3.54. The van der Waals surface area contributed by atoms with Crippen molar-refractivity contribution in [3.05, 3.63) is 77.2 Å². The minimum absolute atomic E-state index is 0.00787. The number of phenolic OH excluding ortho intramolecular Hbond substituents is 1. The van der Waals surface area contributed by atoms with Gasteiger partial charge in [0.05, 0.1) is 18.0 Å². The predicted molar refractivity (Wildman–Crippen MR) is 182 cm³/mol. The maximum Gasteiger partial charge on any atom is 0.319 e. The van der Waals surface area contributed by atoms with E-state index in [2.05, 4.69) is 38.2 Å². The number of pyridine rings is 1. The molecule has 3 aromatic carbocycles. The van der Waals surface area contributed by atoms with Crippen LogP contribution in [0.2, 0.25) is 0 Å². The van der Waals surface area contributed by atoms with Gasteiger partial charge in [0.2, 0.25) is 0 Å². The van der Waals surface area contributed by atoms with Crippen LogP contribution in [0.5, 0.6) is 17.5 Å². The Bertz CT molecular complexity index is 2160. The number of methoxy groups -OCH3 is 1. The molecule has 48 heavy (non-hydrogen) atoms. The second-order valence-corrected chi connectivity index (χ2v) is 13.5. The van der Waals surface area contributed by atoms with Gasteiger partial charge in [-0.25, -0.2) is 4.39 Å². The molecule has 3 saturated heterocycles. The predicted octanol–water partition coefficient (Wildman–Crippen LogP) is 5.50. The number of nitrogens with zero attached hydrogens (tertiary/aromatic N) is 5. The number of phenols is 1. The van der Waals surface area contributed by atoms with Crippen molar-refractivity contribution in [1.29, 1.82) is 0 Å². The van der Waals surface area contributed by atoms with Crippen molar-refractivity contribution in [1.82, 2.24) is 25.2 Å². The molecule has 242 valence electrons. The quantitative estimate of drug-likeness (QED) is 0.233. The van der Waals surface area contributed by atoms with E-state index in [-0.39, 0.29) is 28.5 Å². The van der Waals surface area contributed by atoms with Crippen molar-refractivity contribution in [2.75, 3.05) is 38.3 Å². The summed E-state index contributed by atoms with van der Waals surface area (Å²) in [6.45, 7) is 3.63. The first kappa shape index (κ1) is 29.2. The van der Waals surface area contributed by atoms with Gasteiger partial charge in [-0.2, -0.15) is 9.97 Å². The average Bonchev–Trinajstić information content (AvgIpc) is 3.76. The number of aromatic nitrogens is 3. The summed E-state index contributed by atoms with van der Waals surface area (Å²) < 4.78 is 29.0. The molecule has 2 aromatic heterocycles. The Labute approximate surface area is 277 Å². The summed E-state index contributed by atoms with van der Waals surface area (Å²) in [5, 5.41) is 16.2. The molecule has 3 unspecified atom stereocenters. The Morgan fingerprint density at radius 2 is 1.98 bits per heavy atom. The van der Waals surface area contributed by atoms with Crippen LogP contribution in [0.1, 0.15) is 42.4 Å². The highest BCUT2D eigenvalue weighted by atomic mass is 19.1. The number of anilines is 1. The Balaban J connectivity index is 1.17. The number of halogens is 1. The Morgan fingerprint density at radius 3 is 2.79 bits per heavy atom.